The first-order valence-electron chi connectivity index (χ1n) is 10.1. The quantitative estimate of drug-likeness (QED) is 0.172. The molecule has 0 N–H and O–H groups in total. The molecule has 0 amide bonds. The van der Waals surface area contributed by atoms with Gasteiger partial charge in [0.1, 0.15) is 5.82 Å². The third-order valence-electron chi connectivity index (χ3n) is 4.56. The van der Waals surface area contributed by atoms with Gasteiger partial charge in [0.05, 0.1) is 28.6 Å². The van der Waals surface area contributed by atoms with Crippen molar-refractivity contribution in [3.63, 3.8) is 0 Å². The van der Waals surface area contributed by atoms with Crippen LogP contribution in [-0.4, -0.2) is 40.0 Å². The van der Waals surface area contributed by atoms with Crippen molar-refractivity contribution in [3.05, 3.63) is 71.7 Å². The third kappa shape index (κ3) is 5.60. The van der Waals surface area contributed by atoms with E-state index in [1.54, 1.807) is 25.1 Å². The fourth-order valence-corrected chi connectivity index (χ4v) is 3.68. The summed E-state index contributed by atoms with van der Waals surface area (Å²) < 4.78 is 12.0. The van der Waals surface area contributed by atoms with Crippen molar-refractivity contribution in [3.8, 4) is 5.75 Å². The predicted octanol–water partition coefficient (Wildman–Crippen LogP) is 4.67. The molecule has 178 valence electrons. The molecule has 3 rings (SSSR count). The zero-order valence-electron chi connectivity index (χ0n) is 18.4. The van der Waals surface area contributed by atoms with Crippen LogP contribution in [0.15, 0.2) is 44.7 Å². The van der Waals surface area contributed by atoms with Crippen molar-refractivity contribution >= 4 is 56.3 Å². The molecule has 0 radical (unpaired) electrons. The van der Waals surface area contributed by atoms with E-state index in [-0.39, 0.29) is 28.9 Å². The average Bonchev–Trinajstić information content (AvgIpc) is 2.77. The Labute approximate surface area is 207 Å². The molecule has 0 aliphatic carbocycles. The lowest BCUT2D eigenvalue weighted by Gasteiger charge is -2.13. The number of fused-ring (bicyclic) bond motifs is 1. The van der Waals surface area contributed by atoms with Crippen LogP contribution >= 0.6 is 27.5 Å². The highest BCUT2D eigenvalue weighted by molar-refractivity contribution is 9.10. The summed E-state index contributed by atoms with van der Waals surface area (Å²) in [7, 11) is 0. The molecule has 0 aliphatic heterocycles. The third-order valence-corrected chi connectivity index (χ3v) is 5.27. The highest BCUT2D eigenvalue weighted by Crippen LogP contribution is 2.34. The molecule has 0 fully saturated rings. The molecule has 34 heavy (non-hydrogen) atoms. The Morgan fingerprint density at radius 2 is 2.09 bits per heavy atom. The number of nitro groups is 1. The lowest BCUT2D eigenvalue weighted by atomic mass is 10.1. The second-order valence-electron chi connectivity index (χ2n) is 7.34. The van der Waals surface area contributed by atoms with Crippen molar-refractivity contribution in [2.75, 3.05) is 13.2 Å². The number of hydrogen-bond donors (Lipinski definition) is 0. The number of rotatable bonds is 8. The number of carbonyl (C=O) groups is 1. The standard InChI is InChI=1S/C22H20BrClN4O6/c1-4-33-19(29)11-34-20-13(7-15(24)9-18(20)28(31)32)10-25-27-21(12(2)3)26-17-6-5-14(23)8-16(17)22(27)30/h5-10,12H,4,11H2,1-3H3. The highest BCUT2D eigenvalue weighted by atomic mass is 79.9. The predicted molar refractivity (Wildman–Crippen MR) is 131 cm³/mol. The number of aromatic nitrogens is 2. The number of carbonyl (C=O) groups excluding carboxylic acids is 1. The van der Waals surface area contributed by atoms with Gasteiger partial charge in [-0.05, 0) is 31.2 Å². The number of halogens is 2. The number of ether oxygens (including phenoxy) is 2. The molecule has 0 aliphatic rings. The maximum atomic E-state index is 13.2. The Kier molecular flexibility index (Phi) is 8.00. The maximum absolute atomic E-state index is 13.2. The van der Waals surface area contributed by atoms with Crippen LogP contribution in [0.5, 0.6) is 5.75 Å². The van der Waals surface area contributed by atoms with Crippen LogP contribution in [0.3, 0.4) is 0 Å². The fraction of sp³-hybridized carbons (Fsp3) is 0.273. The molecule has 0 spiro atoms. The maximum Gasteiger partial charge on any atom is 0.344 e. The van der Waals surface area contributed by atoms with Crippen molar-refractivity contribution in [2.45, 2.75) is 26.7 Å². The van der Waals surface area contributed by atoms with Gasteiger partial charge < -0.3 is 9.47 Å². The Morgan fingerprint density at radius 1 is 1.35 bits per heavy atom. The van der Waals surface area contributed by atoms with Crippen LogP contribution in [0.1, 0.15) is 38.1 Å². The molecule has 1 heterocycles. The Hall–Kier alpha value is -3.31. The minimum atomic E-state index is -0.697. The summed E-state index contributed by atoms with van der Waals surface area (Å²) in [5.74, 6) is -0.702. The number of benzene rings is 2. The van der Waals surface area contributed by atoms with Gasteiger partial charge in [0.15, 0.2) is 6.61 Å². The summed E-state index contributed by atoms with van der Waals surface area (Å²) in [4.78, 5) is 40.4. The molecule has 0 saturated carbocycles. The van der Waals surface area contributed by atoms with Crippen LogP contribution in [0.2, 0.25) is 5.02 Å². The molecule has 0 bridgehead atoms. The van der Waals surface area contributed by atoms with Crippen molar-refractivity contribution < 1.29 is 19.2 Å². The first kappa shape index (κ1) is 25.3. The summed E-state index contributed by atoms with van der Waals surface area (Å²) in [5.41, 5.74) is -0.272. The lowest BCUT2D eigenvalue weighted by Crippen LogP contribution is -2.23. The first-order chi connectivity index (χ1) is 16.1. The Morgan fingerprint density at radius 3 is 2.74 bits per heavy atom. The van der Waals surface area contributed by atoms with E-state index in [0.717, 1.165) is 10.7 Å². The van der Waals surface area contributed by atoms with E-state index in [4.69, 9.17) is 21.1 Å². The van der Waals surface area contributed by atoms with Crippen LogP contribution in [0.25, 0.3) is 10.9 Å². The Bertz CT molecular complexity index is 1360. The monoisotopic (exact) mass is 550 g/mol. The van der Waals surface area contributed by atoms with E-state index in [2.05, 4.69) is 26.0 Å². The van der Waals surface area contributed by atoms with E-state index < -0.39 is 28.7 Å². The topological polar surface area (TPSA) is 126 Å². The van der Waals surface area contributed by atoms with E-state index in [1.165, 1.54) is 12.3 Å². The summed E-state index contributed by atoms with van der Waals surface area (Å²) in [6.45, 7) is 4.92. The van der Waals surface area contributed by atoms with Crippen LogP contribution in [0, 0.1) is 10.1 Å². The minimum absolute atomic E-state index is 0.0497. The second-order valence-corrected chi connectivity index (χ2v) is 8.69. The van der Waals surface area contributed by atoms with Crippen molar-refractivity contribution in [1.29, 1.82) is 0 Å². The van der Waals surface area contributed by atoms with Gasteiger partial charge in [-0.2, -0.15) is 9.78 Å². The number of hydrogen-bond acceptors (Lipinski definition) is 8. The van der Waals surface area contributed by atoms with E-state index >= 15 is 0 Å². The smallest absolute Gasteiger partial charge is 0.344 e. The SMILES string of the molecule is CCOC(=O)COc1c(C=Nn2c(C(C)C)nc3ccc(Br)cc3c2=O)cc(Cl)cc1[N+](=O)[O-]. The summed E-state index contributed by atoms with van der Waals surface area (Å²) in [6, 6.07) is 7.62. The zero-order chi connectivity index (χ0) is 25.0. The molecular formula is C22H20BrClN4O6. The normalized spacial score (nSPS) is 11.4. The van der Waals surface area contributed by atoms with Gasteiger partial charge in [0.2, 0.25) is 5.75 Å². The van der Waals surface area contributed by atoms with Crippen LogP contribution < -0.4 is 10.3 Å². The van der Waals surface area contributed by atoms with Gasteiger partial charge >= 0.3 is 11.7 Å². The molecule has 3 aromatic rings. The highest BCUT2D eigenvalue weighted by Gasteiger charge is 2.22. The summed E-state index contributed by atoms with van der Waals surface area (Å²) in [6.07, 6.45) is 1.21. The summed E-state index contributed by atoms with van der Waals surface area (Å²) in [5, 5.41) is 16.2. The second kappa shape index (κ2) is 10.7. The number of nitro benzene ring substituents is 1. The molecule has 10 nitrogen and oxygen atoms in total. The molecule has 1 aromatic heterocycles. The van der Waals surface area contributed by atoms with E-state index in [9.17, 15) is 19.7 Å². The molecule has 0 unspecified atom stereocenters. The molecule has 0 atom stereocenters. The Balaban J connectivity index is 2.16. The zero-order valence-corrected chi connectivity index (χ0v) is 20.8. The van der Waals surface area contributed by atoms with Crippen molar-refractivity contribution in [1.82, 2.24) is 9.66 Å². The number of esters is 1. The van der Waals surface area contributed by atoms with Crippen molar-refractivity contribution in [2.24, 2.45) is 5.10 Å². The van der Waals surface area contributed by atoms with E-state index in [1.807, 2.05) is 13.8 Å². The fourth-order valence-electron chi connectivity index (χ4n) is 3.09. The molecular weight excluding hydrogens is 532 g/mol. The molecule has 2 aromatic carbocycles. The van der Waals surface area contributed by atoms with Gasteiger partial charge in [-0.15, -0.1) is 0 Å². The minimum Gasteiger partial charge on any atom is -0.474 e. The largest absolute Gasteiger partial charge is 0.474 e. The van der Waals surface area contributed by atoms with Gasteiger partial charge in [-0.3, -0.25) is 14.9 Å². The molecule has 0 saturated heterocycles. The number of nitrogens with zero attached hydrogens (tertiary/aromatic N) is 4. The van der Waals surface area contributed by atoms with Crippen LogP contribution in [-0.2, 0) is 9.53 Å². The van der Waals surface area contributed by atoms with E-state index in [0.29, 0.717) is 21.2 Å². The first-order valence-corrected chi connectivity index (χ1v) is 11.3. The lowest BCUT2D eigenvalue weighted by molar-refractivity contribution is -0.385. The van der Waals surface area contributed by atoms with Gasteiger partial charge in [0, 0.05) is 27.0 Å². The van der Waals surface area contributed by atoms with Gasteiger partial charge in [-0.1, -0.05) is 41.4 Å². The van der Waals surface area contributed by atoms with Gasteiger partial charge in [-0.25, -0.2) is 9.78 Å². The summed E-state index contributed by atoms with van der Waals surface area (Å²) >= 11 is 9.42. The average molecular weight is 552 g/mol. The van der Waals surface area contributed by atoms with Gasteiger partial charge in [0.25, 0.3) is 5.56 Å². The molecule has 12 heteroatoms. The van der Waals surface area contributed by atoms with Crippen LogP contribution in [0.4, 0.5) is 5.69 Å².